The third kappa shape index (κ3) is 2.28. The first-order valence-corrected chi connectivity index (χ1v) is 5.87. The minimum absolute atomic E-state index is 0.0921. The minimum Gasteiger partial charge on any atom is -0.304 e. The summed E-state index contributed by atoms with van der Waals surface area (Å²) in [6.07, 6.45) is 0. The molecule has 20 heavy (non-hydrogen) atoms. The van der Waals surface area contributed by atoms with Gasteiger partial charge in [-0.2, -0.15) is 0 Å². The lowest BCUT2D eigenvalue weighted by atomic mass is 10.3. The average molecular weight is 271 g/mol. The number of anilines is 1. The number of rotatable bonds is 2. The van der Waals surface area contributed by atoms with Crippen LogP contribution >= 0.6 is 0 Å². The van der Waals surface area contributed by atoms with Crippen LogP contribution in [0.2, 0.25) is 0 Å². The zero-order chi connectivity index (χ0) is 13.9. The molecule has 0 aliphatic carbocycles. The Morgan fingerprint density at radius 2 is 1.85 bits per heavy atom. The molecule has 7 heteroatoms. The van der Waals surface area contributed by atoms with Crippen molar-refractivity contribution in [1.29, 1.82) is 0 Å². The molecule has 3 aromatic rings. The Morgan fingerprint density at radius 1 is 1.10 bits per heavy atom. The highest BCUT2D eigenvalue weighted by molar-refractivity contribution is 5.95. The summed E-state index contributed by atoms with van der Waals surface area (Å²) in [5.41, 5.74) is 3.86. The molecule has 6 nitrogen and oxygen atoms in total. The van der Waals surface area contributed by atoms with E-state index in [1.54, 1.807) is 30.3 Å². The van der Waals surface area contributed by atoms with Gasteiger partial charge in [-0.3, -0.25) is 0 Å². The molecule has 0 unspecified atom stereocenters. The lowest BCUT2D eigenvalue weighted by Crippen LogP contribution is -2.28. The van der Waals surface area contributed by atoms with Gasteiger partial charge < -0.3 is 5.32 Å². The fourth-order valence-corrected chi connectivity index (χ4v) is 1.76. The van der Waals surface area contributed by atoms with E-state index in [0.717, 1.165) is 0 Å². The van der Waals surface area contributed by atoms with Crippen molar-refractivity contribution in [1.82, 2.24) is 15.1 Å². The quantitative estimate of drug-likeness (QED) is 0.751. The normalized spacial score (nSPS) is 10.4. The van der Waals surface area contributed by atoms with Gasteiger partial charge >= 0.3 is 6.03 Å². The van der Waals surface area contributed by atoms with Gasteiger partial charge in [0.05, 0.1) is 5.69 Å². The molecule has 2 N–H and O–H groups in total. The van der Waals surface area contributed by atoms with Crippen molar-refractivity contribution < 1.29 is 9.18 Å². The highest BCUT2D eigenvalue weighted by atomic mass is 19.1. The molecule has 0 spiro atoms. The fourth-order valence-electron chi connectivity index (χ4n) is 1.76. The van der Waals surface area contributed by atoms with Gasteiger partial charge in [0.1, 0.15) is 16.9 Å². The van der Waals surface area contributed by atoms with Crippen molar-refractivity contribution in [2.75, 3.05) is 10.7 Å². The van der Waals surface area contributed by atoms with Crippen molar-refractivity contribution in [2.45, 2.75) is 0 Å². The van der Waals surface area contributed by atoms with Crippen LogP contribution in [0.25, 0.3) is 11.0 Å². The van der Waals surface area contributed by atoms with E-state index in [1.165, 1.54) is 16.9 Å². The topological polar surface area (TPSA) is 71.8 Å². The van der Waals surface area contributed by atoms with Crippen LogP contribution in [0, 0.1) is 5.82 Å². The monoisotopic (exact) mass is 271 g/mol. The molecule has 1 heterocycles. The van der Waals surface area contributed by atoms with Crippen molar-refractivity contribution in [3.05, 3.63) is 54.3 Å². The number of para-hydroxylation sites is 2. The van der Waals surface area contributed by atoms with Crippen molar-refractivity contribution in [2.24, 2.45) is 0 Å². The van der Waals surface area contributed by atoms with Crippen LogP contribution < -0.4 is 10.7 Å². The Bertz CT molecular complexity index is 770. The van der Waals surface area contributed by atoms with Gasteiger partial charge in [-0.25, -0.2) is 14.6 Å². The molecule has 0 bridgehead atoms. The van der Waals surface area contributed by atoms with Gasteiger partial charge in [0, 0.05) is 0 Å². The number of benzene rings is 2. The number of urea groups is 1. The molecule has 0 saturated heterocycles. The lowest BCUT2D eigenvalue weighted by molar-refractivity contribution is 0.259. The molecule has 100 valence electrons. The maximum absolute atomic E-state index is 13.4. The predicted octanol–water partition coefficient (Wildman–Crippen LogP) is 2.35. The Labute approximate surface area is 113 Å². The zero-order valence-electron chi connectivity index (χ0n) is 10.2. The maximum Gasteiger partial charge on any atom is 0.339 e. The highest BCUT2D eigenvalue weighted by Crippen LogP contribution is 2.12. The van der Waals surface area contributed by atoms with Gasteiger partial charge in [-0.15, -0.1) is 9.89 Å². The lowest BCUT2D eigenvalue weighted by Gasteiger charge is -2.08. The maximum atomic E-state index is 13.4. The molecule has 2 amide bonds. The summed E-state index contributed by atoms with van der Waals surface area (Å²) in [7, 11) is 0. The molecule has 0 fully saturated rings. The van der Waals surface area contributed by atoms with Crippen molar-refractivity contribution in [3.63, 3.8) is 0 Å². The molecule has 0 aliphatic heterocycles. The van der Waals surface area contributed by atoms with E-state index in [-0.39, 0.29) is 5.69 Å². The Balaban J connectivity index is 1.78. The van der Waals surface area contributed by atoms with E-state index in [1.807, 2.05) is 6.07 Å². The summed E-state index contributed by atoms with van der Waals surface area (Å²) < 4.78 is 13.4. The summed E-state index contributed by atoms with van der Waals surface area (Å²) >= 11 is 0. The molecule has 3 rings (SSSR count). The fraction of sp³-hybridized carbons (Fsp3) is 0. The van der Waals surface area contributed by atoms with Gasteiger partial charge in [-0.1, -0.05) is 24.3 Å². The molecule has 0 atom stereocenters. The number of hydrogen-bond donors (Lipinski definition) is 2. The number of carbonyl (C=O) groups is 1. The van der Waals surface area contributed by atoms with Crippen molar-refractivity contribution in [3.8, 4) is 0 Å². The van der Waals surface area contributed by atoms with Gasteiger partial charge in [0.2, 0.25) is 0 Å². The number of fused-ring (bicyclic) bond motifs is 1. The summed E-state index contributed by atoms with van der Waals surface area (Å²) in [5.74, 6) is -0.508. The Hall–Kier alpha value is -2.96. The summed E-state index contributed by atoms with van der Waals surface area (Å²) in [6.45, 7) is 0. The number of aromatic nitrogens is 3. The first-order valence-electron chi connectivity index (χ1n) is 5.87. The average Bonchev–Trinajstić information content (AvgIpc) is 2.85. The Kier molecular flexibility index (Phi) is 3.00. The molecular weight excluding hydrogens is 261 g/mol. The number of nitrogens with one attached hydrogen (secondary N) is 2. The van der Waals surface area contributed by atoms with E-state index >= 15 is 0 Å². The zero-order valence-corrected chi connectivity index (χ0v) is 10.2. The number of hydrogen-bond acceptors (Lipinski definition) is 3. The van der Waals surface area contributed by atoms with Crippen LogP contribution in [0.5, 0.6) is 0 Å². The van der Waals surface area contributed by atoms with Crippen LogP contribution in [-0.2, 0) is 0 Å². The van der Waals surface area contributed by atoms with Crippen LogP contribution in [0.3, 0.4) is 0 Å². The van der Waals surface area contributed by atoms with Crippen LogP contribution in [0.1, 0.15) is 0 Å². The molecule has 1 aromatic heterocycles. The van der Waals surface area contributed by atoms with Crippen LogP contribution in [0.4, 0.5) is 14.9 Å². The van der Waals surface area contributed by atoms with Gasteiger partial charge in [0.25, 0.3) is 0 Å². The second-order valence-corrected chi connectivity index (χ2v) is 4.04. The second-order valence-electron chi connectivity index (χ2n) is 4.04. The molecule has 0 radical (unpaired) electrons. The number of carbonyl (C=O) groups excluding carboxylic acids is 1. The first kappa shape index (κ1) is 12.1. The predicted molar refractivity (Wildman–Crippen MR) is 72.3 cm³/mol. The first-order chi connectivity index (χ1) is 9.74. The molecule has 2 aromatic carbocycles. The van der Waals surface area contributed by atoms with E-state index in [4.69, 9.17) is 0 Å². The highest BCUT2D eigenvalue weighted by Gasteiger charge is 2.09. The number of amides is 2. The smallest absolute Gasteiger partial charge is 0.304 e. The third-order valence-electron chi connectivity index (χ3n) is 2.68. The standard InChI is InChI=1S/C13H10FN5O/c14-9-5-1-2-6-10(9)15-13(20)17-19-12-8-4-3-7-11(12)16-18-19/h1-8H,(H2,15,17,20). The van der Waals surface area contributed by atoms with Gasteiger partial charge in [0.15, 0.2) is 0 Å². The van der Waals surface area contributed by atoms with E-state index in [0.29, 0.717) is 11.0 Å². The summed E-state index contributed by atoms with van der Waals surface area (Å²) in [5, 5.41) is 10.1. The largest absolute Gasteiger partial charge is 0.339 e. The van der Waals surface area contributed by atoms with E-state index in [9.17, 15) is 9.18 Å². The molecule has 0 aliphatic rings. The number of halogens is 1. The SMILES string of the molecule is O=C(Nc1ccccc1F)Nn1nnc2ccccc21. The van der Waals surface area contributed by atoms with E-state index < -0.39 is 11.8 Å². The third-order valence-corrected chi connectivity index (χ3v) is 2.68. The summed E-state index contributed by atoms with van der Waals surface area (Å²) in [6, 6.07) is 12.5. The number of nitrogens with zero attached hydrogens (tertiary/aromatic N) is 3. The second kappa shape index (κ2) is 4.96. The van der Waals surface area contributed by atoms with Crippen LogP contribution in [0.15, 0.2) is 48.5 Å². The van der Waals surface area contributed by atoms with E-state index in [2.05, 4.69) is 21.1 Å². The Morgan fingerprint density at radius 3 is 2.70 bits per heavy atom. The molecular formula is C13H10FN5O. The van der Waals surface area contributed by atoms with Crippen LogP contribution in [-0.4, -0.2) is 21.1 Å². The van der Waals surface area contributed by atoms with Gasteiger partial charge in [-0.05, 0) is 29.5 Å². The minimum atomic E-state index is -0.606. The van der Waals surface area contributed by atoms with Crippen molar-refractivity contribution >= 4 is 22.8 Å². The molecule has 0 saturated carbocycles. The summed E-state index contributed by atoms with van der Waals surface area (Å²) in [4.78, 5) is 13.0.